The van der Waals surface area contributed by atoms with E-state index in [4.69, 9.17) is 5.73 Å². The highest BCUT2D eigenvalue weighted by Crippen LogP contribution is 2.20. The molecule has 0 atom stereocenters. The lowest BCUT2D eigenvalue weighted by molar-refractivity contribution is -0.115. The van der Waals surface area contributed by atoms with Crippen LogP contribution in [0.15, 0.2) is 5.16 Å². The first-order chi connectivity index (χ1) is 7.99. The maximum Gasteiger partial charge on any atom is 0.227 e. The quantitative estimate of drug-likeness (QED) is 0.636. The van der Waals surface area contributed by atoms with E-state index in [1.54, 1.807) is 0 Å². The fourth-order valence-corrected chi connectivity index (χ4v) is 2.11. The molecule has 2 rings (SSSR count). The molecule has 0 aliphatic rings. The van der Waals surface area contributed by atoms with Crippen LogP contribution in [0.4, 0.5) is 0 Å². The van der Waals surface area contributed by atoms with Crippen LogP contribution >= 0.6 is 11.8 Å². The van der Waals surface area contributed by atoms with Crippen LogP contribution in [0.2, 0.25) is 0 Å². The van der Waals surface area contributed by atoms with Gasteiger partial charge >= 0.3 is 0 Å². The van der Waals surface area contributed by atoms with Crippen LogP contribution in [-0.2, 0) is 11.8 Å². The Hall–Kier alpha value is -1.63. The zero-order valence-electron chi connectivity index (χ0n) is 9.89. The number of thioether (sulfide) groups is 1. The predicted octanol–water partition coefficient (Wildman–Crippen LogP) is 0.558. The zero-order valence-corrected chi connectivity index (χ0v) is 10.7. The number of aromatic nitrogens is 4. The van der Waals surface area contributed by atoms with Crippen LogP contribution in [0.1, 0.15) is 11.5 Å². The largest absolute Gasteiger partial charge is 0.369 e. The summed E-state index contributed by atoms with van der Waals surface area (Å²) in [6.45, 7) is 3.79. The van der Waals surface area contributed by atoms with Crippen molar-refractivity contribution in [3.8, 4) is 0 Å². The smallest absolute Gasteiger partial charge is 0.227 e. The molecule has 2 aromatic rings. The first-order valence-corrected chi connectivity index (χ1v) is 6.06. The van der Waals surface area contributed by atoms with E-state index in [0.717, 1.165) is 22.7 Å². The van der Waals surface area contributed by atoms with Gasteiger partial charge in [0, 0.05) is 7.05 Å². The number of amides is 1. The maximum atomic E-state index is 10.7. The second-order valence-corrected chi connectivity index (χ2v) is 4.68. The molecule has 2 aromatic heterocycles. The van der Waals surface area contributed by atoms with E-state index in [9.17, 15) is 4.79 Å². The van der Waals surface area contributed by atoms with E-state index in [0.29, 0.717) is 5.16 Å². The van der Waals surface area contributed by atoms with Gasteiger partial charge in [-0.2, -0.15) is 0 Å². The Kier molecular flexibility index (Phi) is 3.01. The van der Waals surface area contributed by atoms with Gasteiger partial charge in [0.2, 0.25) is 5.91 Å². The van der Waals surface area contributed by atoms with Crippen molar-refractivity contribution in [3.05, 3.63) is 11.5 Å². The molecule has 2 heterocycles. The van der Waals surface area contributed by atoms with Gasteiger partial charge in [-0.25, -0.2) is 15.0 Å². The summed E-state index contributed by atoms with van der Waals surface area (Å²) in [6, 6.07) is 0. The number of aryl methyl sites for hydroxylation is 3. The van der Waals surface area contributed by atoms with E-state index in [-0.39, 0.29) is 11.7 Å². The number of rotatable bonds is 3. The Balaban J connectivity index is 2.46. The number of carbonyl (C=O) groups excluding carboxylic acids is 1. The molecule has 2 N–H and O–H groups in total. The Morgan fingerprint density at radius 1 is 1.35 bits per heavy atom. The number of fused-ring (bicyclic) bond motifs is 1. The van der Waals surface area contributed by atoms with Crippen molar-refractivity contribution in [2.24, 2.45) is 12.8 Å². The van der Waals surface area contributed by atoms with Gasteiger partial charge in [-0.05, 0) is 13.8 Å². The van der Waals surface area contributed by atoms with Crippen LogP contribution in [-0.4, -0.2) is 31.2 Å². The molecule has 0 saturated carbocycles. The first-order valence-electron chi connectivity index (χ1n) is 5.08. The molecule has 0 aliphatic carbocycles. The summed E-state index contributed by atoms with van der Waals surface area (Å²) in [5.41, 5.74) is 7.48. The van der Waals surface area contributed by atoms with Crippen molar-refractivity contribution < 1.29 is 4.79 Å². The summed E-state index contributed by atoms with van der Waals surface area (Å²) in [7, 11) is 1.90. The molecule has 0 aliphatic heterocycles. The third-order valence-corrected chi connectivity index (χ3v) is 3.31. The molecule has 1 amide bonds. The number of hydrogen-bond donors (Lipinski definition) is 1. The van der Waals surface area contributed by atoms with Gasteiger partial charge in [-0.3, -0.25) is 4.79 Å². The third kappa shape index (κ3) is 2.23. The van der Waals surface area contributed by atoms with Gasteiger partial charge in [0.1, 0.15) is 11.3 Å². The summed E-state index contributed by atoms with van der Waals surface area (Å²) in [4.78, 5) is 23.8. The topological polar surface area (TPSA) is 86.7 Å². The lowest BCUT2D eigenvalue weighted by Gasteiger charge is -2.01. The summed E-state index contributed by atoms with van der Waals surface area (Å²) >= 11 is 1.24. The van der Waals surface area contributed by atoms with E-state index in [2.05, 4.69) is 15.0 Å². The minimum Gasteiger partial charge on any atom is -0.369 e. The summed E-state index contributed by atoms with van der Waals surface area (Å²) < 4.78 is 1.90. The number of nitrogens with two attached hydrogens (primary N) is 1. The number of imidazole rings is 1. The van der Waals surface area contributed by atoms with Crippen LogP contribution < -0.4 is 5.73 Å². The van der Waals surface area contributed by atoms with Crippen molar-refractivity contribution in [1.29, 1.82) is 0 Å². The molecule has 0 fully saturated rings. The Labute approximate surface area is 103 Å². The second-order valence-electron chi connectivity index (χ2n) is 3.74. The predicted molar refractivity (Wildman–Crippen MR) is 65.7 cm³/mol. The Morgan fingerprint density at radius 3 is 2.71 bits per heavy atom. The number of nitrogens with zero attached hydrogens (tertiary/aromatic N) is 4. The lowest BCUT2D eigenvalue weighted by atomic mass is 10.4. The molecule has 0 bridgehead atoms. The molecule has 0 aromatic carbocycles. The molecule has 0 saturated heterocycles. The first kappa shape index (κ1) is 11.8. The highest BCUT2D eigenvalue weighted by Gasteiger charge is 2.12. The Bertz CT molecular complexity index is 592. The van der Waals surface area contributed by atoms with Gasteiger partial charge < -0.3 is 10.3 Å². The summed E-state index contributed by atoms with van der Waals surface area (Å²) in [5.74, 6) is 0.689. The second kappa shape index (κ2) is 4.33. The highest BCUT2D eigenvalue weighted by atomic mass is 32.2. The minimum absolute atomic E-state index is 0.182. The van der Waals surface area contributed by atoms with E-state index < -0.39 is 0 Å². The number of hydrogen-bond acceptors (Lipinski definition) is 5. The van der Waals surface area contributed by atoms with Crippen molar-refractivity contribution in [3.63, 3.8) is 0 Å². The zero-order chi connectivity index (χ0) is 12.6. The molecule has 90 valence electrons. The lowest BCUT2D eigenvalue weighted by Crippen LogP contribution is -2.13. The van der Waals surface area contributed by atoms with E-state index in [1.807, 2.05) is 25.5 Å². The molecule has 7 heteroatoms. The van der Waals surface area contributed by atoms with Gasteiger partial charge in [0.25, 0.3) is 0 Å². The molecule has 0 spiro atoms. The fourth-order valence-electron chi connectivity index (χ4n) is 1.48. The standard InChI is InChI=1S/C10H13N5OS/c1-5-8-9(15(3)6(2)13-8)14-10(12-5)17-4-7(11)16/h4H2,1-3H3,(H2,11,16). The average Bonchev–Trinajstić information content (AvgIpc) is 2.54. The van der Waals surface area contributed by atoms with Gasteiger partial charge in [-0.15, -0.1) is 0 Å². The average molecular weight is 251 g/mol. The van der Waals surface area contributed by atoms with Crippen LogP contribution in [0, 0.1) is 13.8 Å². The van der Waals surface area contributed by atoms with Crippen molar-refractivity contribution >= 4 is 28.8 Å². The van der Waals surface area contributed by atoms with Crippen molar-refractivity contribution in [2.75, 3.05) is 5.75 Å². The number of carbonyl (C=O) groups is 1. The van der Waals surface area contributed by atoms with E-state index >= 15 is 0 Å². The number of primary amides is 1. The van der Waals surface area contributed by atoms with Crippen LogP contribution in [0.3, 0.4) is 0 Å². The minimum atomic E-state index is -0.377. The highest BCUT2D eigenvalue weighted by molar-refractivity contribution is 7.99. The third-order valence-electron chi connectivity index (χ3n) is 2.44. The molecular weight excluding hydrogens is 238 g/mol. The summed E-state index contributed by atoms with van der Waals surface area (Å²) in [6.07, 6.45) is 0. The van der Waals surface area contributed by atoms with E-state index in [1.165, 1.54) is 11.8 Å². The van der Waals surface area contributed by atoms with Gasteiger partial charge in [0.15, 0.2) is 10.8 Å². The van der Waals surface area contributed by atoms with Crippen molar-refractivity contribution in [1.82, 2.24) is 19.5 Å². The van der Waals surface area contributed by atoms with Gasteiger partial charge in [-0.1, -0.05) is 11.8 Å². The Morgan fingerprint density at radius 2 is 2.06 bits per heavy atom. The molecule has 0 unspecified atom stereocenters. The normalized spacial score (nSPS) is 11.0. The molecule has 6 nitrogen and oxygen atoms in total. The van der Waals surface area contributed by atoms with Crippen molar-refractivity contribution in [2.45, 2.75) is 19.0 Å². The van der Waals surface area contributed by atoms with Gasteiger partial charge in [0.05, 0.1) is 11.4 Å². The maximum absolute atomic E-state index is 10.7. The summed E-state index contributed by atoms with van der Waals surface area (Å²) in [5, 5.41) is 0.553. The van der Waals surface area contributed by atoms with Crippen LogP contribution in [0.5, 0.6) is 0 Å². The van der Waals surface area contributed by atoms with Crippen LogP contribution in [0.25, 0.3) is 11.2 Å². The molecular formula is C10H13N5OS. The molecule has 0 radical (unpaired) electrons. The monoisotopic (exact) mass is 251 g/mol. The fraction of sp³-hybridized carbons (Fsp3) is 0.400. The SMILES string of the molecule is Cc1nc(SCC(N)=O)nc2c1nc(C)n2C. The molecule has 17 heavy (non-hydrogen) atoms.